The van der Waals surface area contributed by atoms with Crippen molar-refractivity contribution in [2.75, 3.05) is 33.4 Å². The number of aliphatic hydroxyl groups excluding tert-OH is 7. The minimum Gasteiger partial charge on any atom is -0.393 e. The van der Waals surface area contributed by atoms with Crippen molar-refractivity contribution in [3.8, 4) is 0 Å². The quantitative estimate of drug-likeness (QED) is 0.0157. The molecule has 0 aromatic rings. The number of nitrogens with one attached hydrogen (secondary N) is 8. The summed E-state index contributed by atoms with van der Waals surface area (Å²) in [4.78, 5) is 136. The minimum absolute atomic E-state index is 0.00647. The fraction of sp³-hybridized carbons (Fsp3) is 0.746. The average molecular weight is 1330 g/mol. The molecule has 14 atom stereocenters. The Morgan fingerprint density at radius 3 is 1.70 bits per heavy atom. The zero-order chi connectivity index (χ0) is 69.3. The smallest absolute Gasteiger partial charge is 0.268 e. The summed E-state index contributed by atoms with van der Waals surface area (Å²) in [6.45, 7) is 8.00. The average Bonchev–Trinajstić information content (AvgIpc) is 1.22. The van der Waals surface area contributed by atoms with Crippen LogP contribution in [-0.2, 0) is 47.9 Å². The molecule has 0 aromatic carbocycles. The number of hydrogen-bond donors (Lipinski definition) is 17. The molecule has 0 bridgehead atoms. The largest absolute Gasteiger partial charge is 0.393 e. The van der Waals surface area contributed by atoms with E-state index in [-0.39, 0.29) is 31.4 Å². The number of primary amides is 2. The summed E-state index contributed by atoms with van der Waals surface area (Å²) in [5.74, 6) is -11.9. The van der Waals surface area contributed by atoms with Gasteiger partial charge in [0.15, 0.2) is 0 Å². The van der Waals surface area contributed by atoms with E-state index in [1.807, 2.05) is 21.1 Å². The summed E-state index contributed by atoms with van der Waals surface area (Å²) in [5, 5.41) is 94.3. The van der Waals surface area contributed by atoms with Crippen LogP contribution >= 0.6 is 11.8 Å². The third-order valence-corrected chi connectivity index (χ3v) is 17.0. The summed E-state index contributed by atoms with van der Waals surface area (Å²) < 4.78 is 0.592. The number of hydrogen-bond acceptors (Lipinski definition) is 18. The Balaban J connectivity index is 1.92. The SMILES string of the molecule is C/C=C1\NC(=O)C(NC(=O)[C@H](C)NC(=O)C(C)C(O)CCCCCCC/C=C\CCCCCCC(O)CC(O)CC(O)CC(O)CC(O)CCC(O)C[N+](C)(C)C)CC2(CS/C=C\NC(=O)[C@H](CC(N)=O)NC(=O)[C@H](CC(N)=O)NC2=O)NC(=O)[C@H](C(C)C)NC1=O. The highest BCUT2D eigenvalue weighted by Crippen LogP contribution is 2.26. The van der Waals surface area contributed by atoms with Crippen molar-refractivity contribution in [3.63, 3.8) is 0 Å². The first kappa shape index (κ1) is 82.0. The lowest BCUT2D eigenvalue weighted by Gasteiger charge is -2.38. The number of nitrogens with two attached hydrogens (primary N) is 2. The topological polar surface area (TPSA) is 461 Å². The van der Waals surface area contributed by atoms with Crippen molar-refractivity contribution < 1.29 is 88.2 Å². The number of aliphatic hydroxyl groups is 7. The van der Waals surface area contributed by atoms with Crippen molar-refractivity contribution in [2.24, 2.45) is 23.3 Å². The maximum absolute atomic E-state index is 14.9. The van der Waals surface area contributed by atoms with Crippen LogP contribution in [0.4, 0.5) is 0 Å². The fourth-order valence-corrected chi connectivity index (χ4v) is 11.6. The number of carbonyl (C=O) groups is 10. The number of carbonyl (C=O) groups excluding carboxylic acids is 10. The molecule has 0 saturated carbocycles. The standard InChI is InChI=1S/C63H109N11O17S/c1-9-47-58(87)72-54(38(2)3)61(90)73-63(37-92-28-27-66-57(86)48(33-52(64)82)69-59(88)49(34-53(65)83)71-62(63)91)35-50(60(89)68-47)70-56(85)40(5)67-55(84)39(4)51(81)24-22-20-18-16-14-12-10-11-13-15-17-19-21-23-41(75)29-44(78)31-46(80)32-45(79)30-42(76)25-26-43(77)36-74(6,7)8/h9-11,27-28,38-46,48-51,54,75-81H,12-26,29-37H2,1-8H3,(H11-,64,65,66,67,68,69,70,71,72,73,82,83,84,85,86,87,88,89,90,91)/p+1/b11-10-,28-27-,47-9-/t39?,40-,41?,42?,43?,44?,45?,46?,48-,49-,50?,51?,54-,63?/m0/s1. The van der Waals surface area contributed by atoms with Gasteiger partial charge in [-0.1, -0.05) is 83.9 Å². The van der Waals surface area contributed by atoms with E-state index >= 15 is 0 Å². The van der Waals surface area contributed by atoms with Crippen molar-refractivity contribution in [3.05, 3.63) is 35.5 Å². The number of likely N-dealkylation sites (N-methyl/N-ethyl adjacent to an activating group) is 1. The molecule has 10 unspecified atom stereocenters. The maximum Gasteiger partial charge on any atom is 0.268 e. The van der Waals surface area contributed by atoms with Crippen LogP contribution in [0.3, 0.4) is 0 Å². The number of rotatable bonds is 38. The summed E-state index contributed by atoms with van der Waals surface area (Å²) in [6.07, 6.45) is 9.98. The van der Waals surface area contributed by atoms with Gasteiger partial charge < -0.3 is 94.2 Å². The van der Waals surface area contributed by atoms with Gasteiger partial charge in [-0.2, -0.15) is 0 Å². The van der Waals surface area contributed by atoms with E-state index in [0.717, 1.165) is 82.2 Å². The van der Waals surface area contributed by atoms with Gasteiger partial charge >= 0.3 is 0 Å². The van der Waals surface area contributed by atoms with E-state index in [9.17, 15) is 83.7 Å². The molecule has 2 heterocycles. The molecule has 19 N–H and O–H groups in total. The Bertz CT molecular complexity index is 2480. The molecule has 524 valence electrons. The molecule has 2 rings (SSSR count). The van der Waals surface area contributed by atoms with Gasteiger partial charge in [0.1, 0.15) is 54.1 Å². The molecule has 28 nitrogen and oxygen atoms in total. The second kappa shape index (κ2) is 42.3. The van der Waals surface area contributed by atoms with Crippen molar-refractivity contribution >= 4 is 70.8 Å². The van der Waals surface area contributed by atoms with Gasteiger partial charge in [0.05, 0.1) is 76.5 Å². The lowest BCUT2D eigenvalue weighted by molar-refractivity contribution is -0.873. The van der Waals surface area contributed by atoms with E-state index in [4.69, 9.17) is 11.5 Å². The molecule has 2 aliphatic heterocycles. The van der Waals surface area contributed by atoms with Crippen LogP contribution in [0.2, 0.25) is 0 Å². The lowest BCUT2D eigenvalue weighted by atomic mass is 9.89. The number of amides is 10. The molecule has 1 fully saturated rings. The molecule has 1 saturated heterocycles. The molecule has 92 heavy (non-hydrogen) atoms. The molecule has 29 heteroatoms. The Kier molecular flexibility index (Phi) is 37.7. The molecule has 1 spiro atoms. The zero-order valence-corrected chi connectivity index (χ0v) is 56.0. The monoisotopic (exact) mass is 1320 g/mol. The number of thioether (sulfide) groups is 1. The van der Waals surface area contributed by atoms with Crippen LogP contribution < -0.4 is 54.0 Å². The van der Waals surface area contributed by atoms with Gasteiger partial charge in [-0.25, -0.2) is 0 Å². The van der Waals surface area contributed by atoms with Gasteiger partial charge in [0, 0.05) is 18.4 Å². The second-order valence-electron chi connectivity index (χ2n) is 26.1. The minimum atomic E-state index is -2.31. The third kappa shape index (κ3) is 32.7. The molecule has 0 aliphatic carbocycles. The van der Waals surface area contributed by atoms with E-state index in [0.29, 0.717) is 43.1 Å². The highest BCUT2D eigenvalue weighted by atomic mass is 32.2. The maximum atomic E-state index is 14.9. The first-order valence-electron chi connectivity index (χ1n) is 32.3. The lowest BCUT2D eigenvalue weighted by Crippen LogP contribution is -2.68. The summed E-state index contributed by atoms with van der Waals surface area (Å²) in [6, 6.07) is -7.94. The van der Waals surface area contributed by atoms with Gasteiger partial charge in [0.25, 0.3) is 5.91 Å². The predicted molar refractivity (Wildman–Crippen MR) is 346 cm³/mol. The number of unbranched alkanes of at least 4 members (excludes halogenated alkanes) is 9. The third-order valence-electron chi connectivity index (χ3n) is 16.0. The van der Waals surface area contributed by atoms with Crippen LogP contribution in [0.25, 0.3) is 0 Å². The summed E-state index contributed by atoms with van der Waals surface area (Å²) in [5.41, 5.74) is 8.18. The summed E-state index contributed by atoms with van der Waals surface area (Å²) >= 11 is 0.822. The first-order valence-corrected chi connectivity index (χ1v) is 33.4. The first-order chi connectivity index (χ1) is 43.2. The van der Waals surface area contributed by atoms with Crippen LogP contribution in [0.5, 0.6) is 0 Å². The number of quaternary nitrogens is 1. The molecule has 10 amide bonds. The van der Waals surface area contributed by atoms with E-state index in [1.54, 1.807) is 13.8 Å². The van der Waals surface area contributed by atoms with Crippen LogP contribution in [0.1, 0.15) is 176 Å². The van der Waals surface area contributed by atoms with Crippen molar-refractivity contribution in [1.82, 2.24) is 42.5 Å². The number of nitrogens with zero attached hydrogens (tertiary/aromatic N) is 1. The highest BCUT2D eigenvalue weighted by molar-refractivity contribution is 8.02. The predicted octanol–water partition coefficient (Wildman–Crippen LogP) is -0.713. The second-order valence-corrected chi connectivity index (χ2v) is 27.0. The van der Waals surface area contributed by atoms with Gasteiger partial charge in [0.2, 0.25) is 53.2 Å². The number of allylic oxidation sites excluding steroid dienone is 3. The van der Waals surface area contributed by atoms with E-state index in [2.05, 4.69) is 54.7 Å². The van der Waals surface area contributed by atoms with Crippen molar-refractivity contribution in [2.45, 2.75) is 254 Å². The van der Waals surface area contributed by atoms with E-state index in [1.165, 1.54) is 32.3 Å². The van der Waals surface area contributed by atoms with Gasteiger partial charge in [-0.15, -0.1) is 11.8 Å². The van der Waals surface area contributed by atoms with Crippen LogP contribution in [0.15, 0.2) is 35.5 Å². The van der Waals surface area contributed by atoms with Crippen LogP contribution in [0, 0.1) is 11.8 Å². The summed E-state index contributed by atoms with van der Waals surface area (Å²) in [7, 11) is 5.90. The van der Waals surface area contributed by atoms with Crippen LogP contribution in [-0.4, -0.2) is 211 Å². The molecule has 0 radical (unpaired) electrons. The molecular weight excluding hydrogens is 1210 g/mol. The molecule has 2 aliphatic rings. The Hall–Kier alpha value is -6.05. The Morgan fingerprint density at radius 1 is 0.641 bits per heavy atom. The van der Waals surface area contributed by atoms with Gasteiger partial charge in [-0.3, -0.25) is 47.9 Å². The fourth-order valence-electron chi connectivity index (χ4n) is 10.7. The highest BCUT2D eigenvalue weighted by Gasteiger charge is 2.48. The molecule has 0 aromatic heterocycles. The van der Waals surface area contributed by atoms with E-state index < -0.39 is 174 Å². The van der Waals surface area contributed by atoms with Gasteiger partial charge in [-0.05, 0) is 102 Å². The Labute approximate surface area is 546 Å². The molecular formula is C63H110N11O17S+. The zero-order valence-electron chi connectivity index (χ0n) is 55.2. The Morgan fingerprint density at radius 2 is 1.15 bits per heavy atom. The normalized spacial score (nSPS) is 23.6. The van der Waals surface area contributed by atoms with Crippen molar-refractivity contribution in [1.29, 1.82) is 0 Å².